The van der Waals surface area contributed by atoms with E-state index in [2.05, 4.69) is 0 Å². The van der Waals surface area contributed by atoms with Crippen LogP contribution in [0, 0.1) is 0 Å². The van der Waals surface area contributed by atoms with E-state index in [1.807, 2.05) is 51.1 Å². The lowest BCUT2D eigenvalue weighted by atomic mass is 10.1. The summed E-state index contributed by atoms with van der Waals surface area (Å²) in [5, 5.41) is 0. The lowest BCUT2D eigenvalue weighted by Crippen LogP contribution is -2.50. The Bertz CT molecular complexity index is 551. The van der Waals surface area contributed by atoms with Gasteiger partial charge in [-0.1, -0.05) is 30.3 Å². The van der Waals surface area contributed by atoms with E-state index in [1.54, 1.807) is 4.90 Å². The molecule has 1 aromatic rings. The van der Waals surface area contributed by atoms with Crippen LogP contribution >= 0.6 is 0 Å². The van der Waals surface area contributed by atoms with E-state index in [0.717, 1.165) is 12.0 Å². The summed E-state index contributed by atoms with van der Waals surface area (Å²) in [4.78, 5) is 26.5. The molecule has 0 saturated carbocycles. The second-order valence-electron chi connectivity index (χ2n) is 7.02. The smallest absolute Gasteiger partial charge is 0.329 e. The van der Waals surface area contributed by atoms with E-state index in [0.29, 0.717) is 19.4 Å². The van der Waals surface area contributed by atoms with Crippen LogP contribution in [0.15, 0.2) is 30.3 Å². The second-order valence-corrected chi connectivity index (χ2v) is 7.02. The highest BCUT2D eigenvalue weighted by Gasteiger charge is 2.38. The van der Waals surface area contributed by atoms with E-state index in [-0.39, 0.29) is 11.9 Å². The lowest BCUT2D eigenvalue weighted by Gasteiger charge is -2.29. The predicted octanol–water partition coefficient (Wildman–Crippen LogP) is 1.89. The highest BCUT2D eigenvalue weighted by Crippen LogP contribution is 2.22. The van der Waals surface area contributed by atoms with Gasteiger partial charge in [-0.3, -0.25) is 4.79 Å². The maximum Gasteiger partial charge on any atom is 0.329 e. The summed E-state index contributed by atoms with van der Waals surface area (Å²) in [6.07, 6.45) is 1.91. The van der Waals surface area contributed by atoms with Crippen molar-refractivity contribution in [2.24, 2.45) is 5.73 Å². The summed E-state index contributed by atoms with van der Waals surface area (Å²) in [7, 11) is 0. The molecule has 1 fully saturated rings. The highest BCUT2D eigenvalue weighted by atomic mass is 16.6. The van der Waals surface area contributed by atoms with E-state index in [9.17, 15) is 9.59 Å². The Hall–Kier alpha value is -1.88. The summed E-state index contributed by atoms with van der Waals surface area (Å²) in [5.74, 6) is -0.516. The van der Waals surface area contributed by atoms with Gasteiger partial charge in [-0.25, -0.2) is 4.79 Å². The number of likely N-dealkylation sites (tertiary alicyclic amines) is 1. The fourth-order valence-electron chi connectivity index (χ4n) is 2.81. The standard InChI is InChI=1S/C18H26N2O3/c1-18(2,3)23-17(22)15-10-7-11-20(15)16(21)14(19)12-13-8-5-4-6-9-13/h4-6,8-9,14-15H,7,10-12,19H2,1-3H3/t14-,15?/m0/s1. The number of hydrogen-bond acceptors (Lipinski definition) is 4. The number of rotatable bonds is 4. The lowest BCUT2D eigenvalue weighted by molar-refractivity contribution is -0.163. The Morgan fingerprint density at radius 2 is 1.96 bits per heavy atom. The molecule has 126 valence electrons. The maximum atomic E-state index is 12.6. The minimum absolute atomic E-state index is 0.179. The van der Waals surface area contributed by atoms with Crippen molar-refractivity contribution < 1.29 is 14.3 Å². The van der Waals surface area contributed by atoms with Gasteiger partial charge in [0, 0.05) is 6.54 Å². The fraction of sp³-hybridized carbons (Fsp3) is 0.556. The molecule has 2 rings (SSSR count). The van der Waals surface area contributed by atoms with Gasteiger partial charge in [-0.05, 0) is 45.6 Å². The zero-order valence-corrected chi connectivity index (χ0v) is 14.1. The van der Waals surface area contributed by atoms with Crippen molar-refractivity contribution in [2.75, 3.05) is 6.54 Å². The van der Waals surface area contributed by atoms with E-state index in [1.165, 1.54) is 0 Å². The van der Waals surface area contributed by atoms with Crippen molar-refractivity contribution in [3.05, 3.63) is 35.9 Å². The van der Waals surface area contributed by atoms with E-state index >= 15 is 0 Å². The molecule has 1 saturated heterocycles. The molecule has 0 aliphatic carbocycles. The van der Waals surface area contributed by atoms with Gasteiger partial charge in [0.25, 0.3) is 0 Å². The number of carbonyl (C=O) groups excluding carboxylic acids is 2. The van der Waals surface area contributed by atoms with Crippen molar-refractivity contribution in [2.45, 2.75) is 57.7 Å². The Morgan fingerprint density at radius 1 is 1.30 bits per heavy atom. The molecule has 1 aromatic carbocycles. The van der Waals surface area contributed by atoms with Crippen LogP contribution in [0.2, 0.25) is 0 Å². The van der Waals surface area contributed by atoms with Gasteiger partial charge in [-0.2, -0.15) is 0 Å². The van der Waals surface area contributed by atoms with Gasteiger partial charge in [-0.15, -0.1) is 0 Å². The Morgan fingerprint density at radius 3 is 2.57 bits per heavy atom. The molecule has 5 heteroatoms. The summed E-state index contributed by atoms with van der Waals surface area (Å²) in [5.41, 5.74) is 6.54. The first-order chi connectivity index (χ1) is 10.8. The van der Waals surface area contributed by atoms with Crippen LogP contribution in [-0.2, 0) is 20.7 Å². The molecule has 2 atom stereocenters. The first kappa shape index (κ1) is 17.5. The average molecular weight is 318 g/mol. The fourth-order valence-corrected chi connectivity index (χ4v) is 2.81. The van der Waals surface area contributed by atoms with Crippen molar-refractivity contribution >= 4 is 11.9 Å². The van der Waals surface area contributed by atoms with Crippen LogP contribution in [0.25, 0.3) is 0 Å². The molecular formula is C18H26N2O3. The van der Waals surface area contributed by atoms with Crippen molar-refractivity contribution in [3.63, 3.8) is 0 Å². The minimum Gasteiger partial charge on any atom is -0.458 e. The van der Waals surface area contributed by atoms with Crippen LogP contribution in [0.1, 0.15) is 39.2 Å². The molecule has 1 aliphatic heterocycles. The van der Waals surface area contributed by atoms with Gasteiger partial charge in [0.2, 0.25) is 5.91 Å². The summed E-state index contributed by atoms with van der Waals surface area (Å²) in [6.45, 7) is 6.04. The number of hydrogen-bond donors (Lipinski definition) is 1. The number of esters is 1. The van der Waals surface area contributed by atoms with Crippen LogP contribution in [0.3, 0.4) is 0 Å². The van der Waals surface area contributed by atoms with Gasteiger partial charge >= 0.3 is 5.97 Å². The second kappa shape index (κ2) is 7.13. The molecule has 0 aromatic heterocycles. The SMILES string of the molecule is CC(C)(C)OC(=O)C1CCCN1C(=O)[C@@H](N)Cc1ccccc1. The molecule has 0 radical (unpaired) electrons. The molecule has 0 spiro atoms. The van der Waals surface area contributed by atoms with Gasteiger partial charge in [0.15, 0.2) is 0 Å². The number of benzene rings is 1. The summed E-state index contributed by atoms with van der Waals surface area (Å²) >= 11 is 0. The number of nitrogens with zero attached hydrogens (tertiary/aromatic N) is 1. The summed E-state index contributed by atoms with van der Waals surface area (Å²) < 4.78 is 5.43. The molecule has 23 heavy (non-hydrogen) atoms. The first-order valence-corrected chi connectivity index (χ1v) is 8.11. The average Bonchev–Trinajstić information content (AvgIpc) is 2.95. The molecule has 0 bridgehead atoms. The molecule has 1 unspecified atom stereocenters. The van der Waals surface area contributed by atoms with Crippen molar-refractivity contribution in [3.8, 4) is 0 Å². The zero-order chi connectivity index (χ0) is 17.0. The van der Waals surface area contributed by atoms with Gasteiger partial charge in [0.1, 0.15) is 11.6 Å². The molecule has 1 heterocycles. The van der Waals surface area contributed by atoms with Crippen LogP contribution in [0.4, 0.5) is 0 Å². The molecule has 5 nitrogen and oxygen atoms in total. The predicted molar refractivity (Wildman–Crippen MR) is 88.7 cm³/mol. The summed E-state index contributed by atoms with van der Waals surface area (Å²) in [6, 6.07) is 8.52. The van der Waals surface area contributed by atoms with Gasteiger partial charge in [0.05, 0.1) is 6.04 Å². The van der Waals surface area contributed by atoms with E-state index < -0.39 is 17.7 Å². The minimum atomic E-state index is -0.638. The van der Waals surface area contributed by atoms with Crippen LogP contribution in [0.5, 0.6) is 0 Å². The molecular weight excluding hydrogens is 292 g/mol. The molecule has 2 N–H and O–H groups in total. The molecule has 1 amide bonds. The van der Waals surface area contributed by atoms with Crippen LogP contribution < -0.4 is 5.73 Å². The quantitative estimate of drug-likeness (QED) is 0.861. The monoisotopic (exact) mass is 318 g/mol. The maximum absolute atomic E-state index is 12.6. The van der Waals surface area contributed by atoms with Crippen molar-refractivity contribution in [1.82, 2.24) is 4.90 Å². The normalized spacial score (nSPS) is 19.5. The Labute approximate surface area is 137 Å². The third kappa shape index (κ3) is 4.79. The third-order valence-electron chi connectivity index (χ3n) is 3.83. The largest absolute Gasteiger partial charge is 0.458 e. The van der Waals surface area contributed by atoms with Crippen molar-refractivity contribution in [1.29, 1.82) is 0 Å². The van der Waals surface area contributed by atoms with Gasteiger partial charge < -0.3 is 15.4 Å². The number of amides is 1. The van der Waals surface area contributed by atoms with Crippen LogP contribution in [-0.4, -0.2) is 41.0 Å². The number of ether oxygens (including phenoxy) is 1. The highest BCUT2D eigenvalue weighted by molar-refractivity contribution is 5.88. The Kier molecular flexibility index (Phi) is 5.42. The first-order valence-electron chi connectivity index (χ1n) is 8.11. The number of nitrogens with two attached hydrogens (primary N) is 1. The number of carbonyl (C=O) groups is 2. The van der Waals surface area contributed by atoms with E-state index in [4.69, 9.17) is 10.5 Å². The Balaban J connectivity index is 2.01. The molecule has 1 aliphatic rings. The zero-order valence-electron chi connectivity index (χ0n) is 14.1. The topological polar surface area (TPSA) is 72.6 Å². The third-order valence-corrected chi connectivity index (χ3v) is 3.83.